The maximum absolute atomic E-state index is 11.4. The molecule has 0 unspecified atom stereocenters. The SMILES string of the molecule is Nc1nc(NCC[NH+]2CCOCC2)nc(NCc2ccccc2)c1[N+](=O)[O-]. The molecule has 1 aromatic heterocycles. The number of morpholine rings is 1. The summed E-state index contributed by atoms with van der Waals surface area (Å²) in [5, 5.41) is 17.5. The van der Waals surface area contributed by atoms with Crippen LogP contribution in [0.1, 0.15) is 5.56 Å². The standard InChI is InChI=1S/C17H23N7O3/c18-15-14(24(25)26)16(20-12-13-4-2-1-3-5-13)22-17(21-15)19-6-7-23-8-10-27-11-9-23/h1-5H,6-12H2,(H4,18,19,20,21,22)/p+1. The van der Waals surface area contributed by atoms with Crippen LogP contribution in [0.15, 0.2) is 30.3 Å². The fourth-order valence-corrected chi connectivity index (χ4v) is 2.90. The minimum atomic E-state index is -0.565. The lowest BCUT2D eigenvalue weighted by molar-refractivity contribution is -0.906. The van der Waals surface area contributed by atoms with Gasteiger partial charge >= 0.3 is 5.69 Å². The summed E-state index contributed by atoms with van der Waals surface area (Å²) in [5.41, 5.74) is 6.48. The zero-order valence-electron chi connectivity index (χ0n) is 15.0. The van der Waals surface area contributed by atoms with E-state index in [1.165, 1.54) is 4.90 Å². The van der Waals surface area contributed by atoms with Crippen molar-refractivity contribution in [2.24, 2.45) is 0 Å². The largest absolute Gasteiger partial charge is 0.378 e. The Morgan fingerprint density at radius 2 is 1.93 bits per heavy atom. The molecule has 2 aromatic rings. The molecule has 10 nitrogen and oxygen atoms in total. The lowest BCUT2D eigenvalue weighted by Gasteiger charge is -2.23. The van der Waals surface area contributed by atoms with E-state index in [0.717, 1.165) is 38.4 Å². The summed E-state index contributed by atoms with van der Waals surface area (Å²) in [6, 6.07) is 9.57. The van der Waals surface area contributed by atoms with Gasteiger partial charge in [-0.05, 0) is 5.56 Å². The first-order chi connectivity index (χ1) is 13.1. The molecule has 1 aromatic carbocycles. The van der Waals surface area contributed by atoms with E-state index in [1.54, 1.807) is 0 Å². The quantitative estimate of drug-likeness (QED) is 0.372. The number of benzene rings is 1. The van der Waals surface area contributed by atoms with Crippen LogP contribution in [0.5, 0.6) is 0 Å². The Hall–Kier alpha value is -2.98. The van der Waals surface area contributed by atoms with Crippen LogP contribution >= 0.6 is 0 Å². The van der Waals surface area contributed by atoms with Crippen molar-refractivity contribution in [3.8, 4) is 0 Å². The summed E-state index contributed by atoms with van der Waals surface area (Å²) < 4.78 is 5.34. The summed E-state index contributed by atoms with van der Waals surface area (Å²) in [6.07, 6.45) is 0. The lowest BCUT2D eigenvalue weighted by Crippen LogP contribution is -3.14. The van der Waals surface area contributed by atoms with E-state index >= 15 is 0 Å². The Balaban J connectivity index is 1.67. The number of hydrogen-bond acceptors (Lipinski definition) is 8. The molecule has 0 spiro atoms. The van der Waals surface area contributed by atoms with E-state index < -0.39 is 4.92 Å². The Labute approximate surface area is 156 Å². The van der Waals surface area contributed by atoms with Crippen molar-refractivity contribution in [1.82, 2.24) is 9.97 Å². The number of anilines is 3. The second-order valence-corrected chi connectivity index (χ2v) is 6.27. The van der Waals surface area contributed by atoms with Gasteiger partial charge in [0.25, 0.3) is 0 Å². The third kappa shape index (κ3) is 5.25. The van der Waals surface area contributed by atoms with Gasteiger partial charge < -0.3 is 26.0 Å². The van der Waals surface area contributed by atoms with Gasteiger partial charge in [-0.15, -0.1) is 0 Å². The molecule has 3 rings (SSSR count). The van der Waals surface area contributed by atoms with Crippen LogP contribution < -0.4 is 21.3 Å². The van der Waals surface area contributed by atoms with Gasteiger partial charge in [-0.2, -0.15) is 9.97 Å². The molecule has 0 aliphatic carbocycles. The van der Waals surface area contributed by atoms with Crippen LogP contribution in [0.2, 0.25) is 0 Å². The number of ether oxygens (including phenoxy) is 1. The highest BCUT2D eigenvalue weighted by molar-refractivity contribution is 5.69. The van der Waals surface area contributed by atoms with E-state index in [1.807, 2.05) is 30.3 Å². The third-order valence-electron chi connectivity index (χ3n) is 4.36. The Kier molecular flexibility index (Phi) is 6.34. The van der Waals surface area contributed by atoms with E-state index in [4.69, 9.17) is 10.5 Å². The van der Waals surface area contributed by atoms with Crippen LogP contribution in [-0.4, -0.2) is 54.3 Å². The van der Waals surface area contributed by atoms with Crippen LogP contribution in [0.4, 0.5) is 23.3 Å². The highest BCUT2D eigenvalue weighted by Gasteiger charge is 2.23. The Bertz CT molecular complexity index is 767. The minimum Gasteiger partial charge on any atom is -0.378 e. The number of nitrogens with one attached hydrogen (secondary N) is 3. The van der Waals surface area contributed by atoms with Gasteiger partial charge in [0.05, 0.1) is 31.2 Å². The van der Waals surface area contributed by atoms with Crippen LogP contribution in [0, 0.1) is 10.1 Å². The van der Waals surface area contributed by atoms with Gasteiger partial charge in [-0.25, -0.2) is 0 Å². The minimum absolute atomic E-state index is 0.109. The molecule has 1 aliphatic heterocycles. The van der Waals surface area contributed by atoms with E-state index in [0.29, 0.717) is 13.1 Å². The molecule has 0 atom stereocenters. The first-order valence-corrected chi connectivity index (χ1v) is 8.88. The summed E-state index contributed by atoms with van der Waals surface area (Å²) in [6.45, 7) is 5.40. The van der Waals surface area contributed by atoms with Gasteiger partial charge in [0, 0.05) is 6.54 Å². The van der Waals surface area contributed by atoms with Crippen molar-refractivity contribution in [2.45, 2.75) is 6.54 Å². The molecule has 1 fully saturated rings. The number of aromatic nitrogens is 2. The molecule has 1 saturated heterocycles. The Morgan fingerprint density at radius 1 is 1.19 bits per heavy atom. The normalized spacial score (nSPS) is 14.7. The second-order valence-electron chi connectivity index (χ2n) is 6.27. The number of nitrogens with two attached hydrogens (primary N) is 1. The number of nitrogen functional groups attached to an aromatic ring is 1. The molecule has 10 heteroatoms. The van der Waals surface area contributed by atoms with Crippen molar-refractivity contribution in [1.29, 1.82) is 0 Å². The van der Waals surface area contributed by atoms with Gasteiger partial charge in [0.15, 0.2) is 0 Å². The molecule has 1 aliphatic rings. The highest BCUT2D eigenvalue weighted by Crippen LogP contribution is 2.29. The average molecular weight is 374 g/mol. The number of nitrogens with zero attached hydrogens (tertiary/aromatic N) is 3. The van der Waals surface area contributed by atoms with Gasteiger partial charge in [-0.1, -0.05) is 30.3 Å². The third-order valence-corrected chi connectivity index (χ3v) is 4.36. The van der Waals surface area contributed by atoms with E-state index in [-0.39, 0.29) is 23.3 Å². The smallest absolute Gasteiger partial charge is 0.353 e. The summed E-state index contributed by atoms with van der Waals surface area (Å²) >= 11 is 0. The first kappa shape index (κ1) is 18.8. The van der Waals surface area contributed by atoms with Crippen molar-refractivity contribution < 1.29 is 14.6 Å². The molecule has 2 heterocycles. The first-order valence-electron chi connectivity index (χ1n) is 8.88. The molecular formula is C17H24N7O3+. The van der Waals surface area contributed by atoms with E-state index in [9.17, 15) is 10.1 Å². The molecule has 0 saturated carbocycles. The monoisotopic (exact) mass is 374 g/mol. The average Bonchev–Trinajstić information content (AvgIpc) is 2.67. The summed E-state index contributed by atoms with van der Waals surface area (Å²) in [4.78, 5) is 20.5. The number of nitro groups is 1. The molecule has 27 heavy (non-hydrogen) atoms. The Morgan fingerprint density at radius 3 is 2.63 bits per heavy atom. The van der Waals surface area contributed by atoms with E-state index in [2.05, 4.69) is 20.6 Å². The zero-order valence-corrected chi connectivity index (χ0v) is 15.0. The maximum atomic E-state index is 11.4. The van der Waals surface area contributed by atoms with Gasteiger partial charge in [-0.3, -0.25) is 10.1 Å². The highest BCUT2D eigenvalue weighted by atomic mass is 16.6. The predicted molar refractivity (Wildman–Crippen MR) is 102 cm³/mol. The fraction of sp³-hybridized carbons (Fsp3) is 0.412. The second kappa shape index (κ2) is 9.10. The molecular weight excluding hydrogens is 350 g/mol. The van der Waals surface area contributed by atoms with Crippen molar-refractivity contribution in [3.63, 3.8) is 0 Å². The van der Waals surface area contributed by atoms with Crippen molar-refractivity contribution in [2.75, 3.05) is 55.8 Å². The summed E-state index contributed by atoms with van der Waals surface area (Å²) in [7, 11) is 0. The van der Waals surface area contributed by atoms with Crippen molar-refractivity contribution in [3.05, 3.63) is 46.0 Å². The molecule has 0 radical (unpaired) electrons. The number of hydrogen-bond donors (Lipinski definition) is 4. The summed E-state index contributed by atoms with van der Waals surface area (Å²) in [5.74, 6) is 0.227. The lowest BCUT2D eigenvalue weighted by atomic mass is 10.2. The van der Waals surface area contributed by atoms with Crippen LogP contribution in [0.3, 0.4) is 0 Å². The van der Waals surface area contributed by atoms with Crippen LogP contribution in [-0.2, 0) is 11.3 Å². The molecule has 0 bridgehead atoms. The zero-order chi connectivity index (χ0) is 19.1. The van der Waals surface area contributed by atoms with Gasteiger partial charge in [0.2, 0.25) is 17.6 Å². The topological polar surface area (TPSA) is 133 Å². The molecule has 5 N–H and O–H groups in total. The molecule has 144 valence electrons. The van der Waals surface area contributed by atoms with Crippen molar-refractivity contribution >= 4 is 23.3 Å². The van der Waals surface area contributed by atoms with Crippen LogP contribution in [0.25, 0.3) is 0 Å². The number of rotatable bonds is 8. The molecule has 0 amide bonds. The maximum Gasteiger partial charge on any atom is 0.353 e. The number of quaternary nitrogens is 1. The predicted octanol–water partition coefficient (Wildman–Crippen LogP) is -0.0939. The fourth-order valence-electron chi connectivity index (χ4n) is 2.90. The van der Waals surface area contributed by atoms with Gasteiger partial charge in [0.1, 0.15) is 13.1 Å².